The molecular formula is C10H22N2O3S. The summed E-state index contributed by atoms with van der Waals surface area (Å²) in [6.45, 7) is 9.26. The first kappa shape index (κ1) is 13.9. The van der Waals surface area contributed by atoms with Crippen molar-refractivity contribution in [3.05, 3.63) is 0 Å². The quantitative estimate of drug-likeness (QED) is 0.748. The standard InChI is InChI=1S/C10H22N2O3S/c1-9(2)16(13,14)11-10(3)8-12-4-6-15-7-5-12/h9-11H,4-8H2,1-3H3. The second kappa shape index (κ2) is 5.95. The Morgan fingerprint density at radius 2 is 1.81 bits per heavy atom. The number of nitrogens with zero attached hydrogens (tertiary/aromatic N) is 1. The maximum absolute atomic E-state index is 11.6. The van der Waals surface area contributed by atoms with Crippen LogP contribution in [0, 0.1) is 0 Å². The van der Waals surface area contributed by atoms with Crippen LogP contribution in [0.15, 0.2) is 0 Å². The summed E-state index contributed by atoms with van der Waals surface area (Å²) in [5.74, 6) is 0. The molecule has 1 aliphatic rings. The lowest BCUT2D eigenvalue weighted by atomic mass is 10.3. The minimum absolute atomic E-state index is 0.0505. The van der Waals surface area contributed by atoms with Crippen LogP contribution in [0.5, 0.6) is 0 Å². The van der Waals surface area contributed by atoms with Gasteiger partial charge < -0.3 is 4.74 Å². The topological polar surface area (TPSA) is 58.6 Å². The average Bonchev–Trinajstić information content (AvgIpc) is 2.17. The Hall–Kier alpha value is -0.170. The number of hydrogen-bond acceptors (Lipinski definition) is 4. The Kier molecular flexibility index (Phi) is 5.17. The molecule has 16 heavy (non-hydrogen) atoms. The van der Waals surface area contributed by atoms with Gasteiger partial charge >= 0.3 is 0 Å². The van der Waals surface area contributed by atoms with Gasteiger partial charge in [-0.1, -0.05) is 0 Å². The molecule has 1 unspecified atom stereocenters. The van der Waals surface area contributed by atoms with Crippen LogP contribution < -0.4 is 4.72 Å². The van der Waals surface area contributed by atoms with E-state index in [4.69, 9.17) is 4.74 Å². The largest absolute Gasteiger partial charge is 0.379 e. The van der Waals surface area contributed by atoms with Crippen molar-refractivity contribution in [1.82, 2.24) is 9.62 Å². The predicted molar refractivity (Wildman–Crippen MR) is 63.9 cm³/mol. The molecule has 6 heteroatoms. The normalized spacial score (nSPS) is 21.2. The Morgan fingerprint density at radius 1 is 1.25 bits per heavy atom. The van der Waals surface area contributed by atoms with Crippen LogP contribution in [-0.2, 0) is 14.8 Å². The lowest BCUT2D eigenvalue weighted by Gasteiger charge is -2.29. The summed E-state index contributed by atoms with van der Waals surface area (Å²) in [5.41, 5.74) is 0. The summed E-state index contributed by atoms with van der Waals surface area (Å²) in [6, 6.07) is -0.0505. The highest BCUT2D eigenvalue weighted by molar-refractivity contribution is 7.90. The summed E-state index contributed by atoms with van der Waals surface area (Å²) >= 11 is 0. The fourth-order valence-corrected chi connectivity index (χ4v) is 2.53. The van der Waals surface area contributed by atoms with Gasteiger partial charge in [-0.3, -0.25) is 4.90 Å². The van der Waals surface area contributed by atoms with Crippen molar-refractivity contribution in [3.8, 4) is 0 Å². The summed E-state index contributed by atoms with van der Waals surface area (Å²) in [4.78, 5) is 2.22. The number of morpholine rings is 1. The molecule has 1 fully saturated rings. The van der Waals surface area contributed by atoms with Gasteiger partial charge in [0.2, 0.25) is 10.0 Å². The number of hydrogen-bond donors (Lipinski definition) is 1. The Labute approximate surface area is 98.2 Å². The molecule has 1 aliphatic heterocycles. The van der Waals surface area contributed by atoms with Gasteiger partial charge in [0.1, 0.15) is 0 Å². The number of rotatable bonds is 5. The SMILES string of the molecule is CC(CN1CCOCC1)NS(=O)(=O)C(C)C. The van der Waals surface area contributed by atoms with Gasteiger partial charge in [-0.25, -0.2) is 13.1 Å². The molecule has 0 aromatic carbocycles. The van der Waals surface area contributed by atoms with Crippen molar-refractivity contribution in [3.63, 3.8) is 0 Å². The Bertz CT molecular complexity index is 297. The fraction of sp³-hybridized carbons (Fsp3) is 1.00. The van der Waals surface area contributed by atoms with Crippen molar-refractivity contribution in [2.45, 2.75) is 32.1 Å². The molecule has 1 saturated heterocycles. The van der Waals surface area contributed by atoms with Crippen molar-refractivity contribution < 1.29 is 13.2 Å². The van der Waals surface area contributed by atoms with Gasteiger partial charge in [0.15, 0.2) is 0 Å². The zero-order chi connectivity index (χ0) is 12.2. The smallest absolute Gasteiger partial charge is 0.214 e. The zero-order valence-electron chi connectivity index (χ0n) is 10.3. The molecule has 0 radical (unpaired) electrons. The molecule has 0 aromatic rings. The van der Waals surface area contributed by atoms with Crippen molar-refractivity contribution >= 4 is 10.0 Å². The maximum atomic E-state index is 11.6. The predicted octanol–water partition coefficient (Wildman–Crippen LogP) is 0.0349. The molecule has 0 spiro atoms. The van der Waals surface area contributed by atoms with Gasteiger partial charge in [0.05, 0.1) is 18.5 Å². The molecule has 1 atom stereocenters. The molecule has 1 N–H and O–H groups in total. The van der Waals surface area contributed by atoms with Crippen LogP contribution in [-0.4, -0.2) is 57.5 Å². The first-order valence-corrected chi connectivity index (χ1v) is 7.27. The molecule has 1 heterocycles. The first-order valence-electron chi connectivity index (χ1n) is 5.73. The molecule has 0 aromatic heterocycles. The second-order valence-electron chi connectivity index (χ2n) is 4.53. The summed E-state index contributed by atoms with van der Waals surface area (Å²) in [6.07, 6.45) is 0. The van der Waals surface area contributed by atoms with E-state index in [2.05, 4.69) is 9.62 Å². The van der Waals surface area contributed by atoms with E-state index in [-0.39, 0.29) is 11.3 Å². The van der Waals surface area contributed by atoms with Crippen LogP contribution in [0.25, 0.3) is 0 Å². The lowest BCUT2D eigenvalue weighted by molar-refractivity contribution is 0.0354. The van der Waals surface area contributed by atoms with E-state index >= 15 is 0 Å². The highest BCUT2D eigenvalue weighted by Gasteiger charge is 2.20. The van der Waals surface area contributed by atoms with E-state index < -0.39 is 10.0 Å². The van der Waals surface area contributed by atoms with Gasteiger partial charge in [0, 0.05) is 25.7 Å². The molecule has 0 saturated carbocycles. The second-order valence-corrected chi connectivity index (χ2v) is 6.79. The van der Waals surface area contributed by atoms with Gasteiger partial charge in [-0.2, -0.15) is 0 Å². The summed E-state index contributed by atoms with van der Waals surface area (Å²) < 4.78 is 31.2. The van der Waals surface area contributed by atoms with Crippen LogP contribution in [0.3, 0.4) is 0 Å². The molecule has 5 nitrogen and oxygen atoms in total. The van der Waals surface area contributed by atoms with Gasteiger partial charge in [-0.15, -0.1) is 0 Å². The van der Waals surface area contributed by atoms with Crippen LogP contribution in [0.4, 0.5) is 0 Å². The molecule has 0 bridgehead atoms. The van der Waals surface area contributed by atoms with E-state index in [1.807, 2.05) is 6.92 Å². The third-order valence-corrected chi connectivity index (χ3v) is 4.59. The highest BCUT2D eigenvalue weighted by atomic mass is 32.2. The summed E-state index contributed by atoms with van der Waals surface area (Å²) in [7, 11) is -3.16. The van der Waals surface area contributed by atoms with Crippen LogP contribution in [0.1, 0.15) is 20.8 Å². The third-order valence-electron chi connectivity index (χ3n) is 2.62. The Balaban J connectivity index is 2.37. The number of ether oxygens (including phenoxy) is 1. The lowest BCUT2D eigenvalue weighted by Crippen LogP contribution is -2.47. The third kappa shape index (κ3) is 4.37. The van der Waals surface area contributed by atoms with Gasteiger partial charge in [-0.05, 0) is 20.8 Å². The van der Waals surface area contributed by atoms with Gasteiger partial charge in [0.25, 0.3) is 0 Å². The average molecular weight is 250 g/mol. The van der Waals surface area contributed by atoms with E-state index in [0.29, 0.717) is 0 Å². The molecule has 96 valence electrons. The van der Waals surface area contributed by atoms with E-state index in [1.54, 1.807) is 13.8 Å². The van der Waals surface area contributed by atoms with E-state index in [0.717, 1.165) is 32.8 Å². The zero-order valence-corrected chi connectivity index (χ0v) is 11.1. The van der Waals surface area contributed by atoms with Crippen molar-refractivity contribution in [2.75, 3.05) is 32.8 Å². The Morgan fingerprint density at radius 3 is 2.31 bits per heavy atom. The minimum Gasteiger partial charge on any atom is -0.379 e. The first-order chi connectivity index (χ1) is 7.42. The highest BCUT2D eigenvalue weighted by Crippen LogP contribution is 2.02. The van der Waals surface area contributed by atoms with Crippen molar-refractivity contribution in [2.24, 2.45) is 0 Å². The van der Waals surface area contributed by atoms with E-state index in [1.165, 1.54) is 0 Å². The van der Waals surface area contributed by atoms with Crippen LogP contribution in [0.2, 0.25) is 0 Å². The molecular weight excluding hydrogens is 228 g/mol. The van der Waals surface area contributed by atoms with E-state index in [9.17, 15) is 8.42 Å². The monoisotopic (exact) mass is 250 g/mol. The molecule has 0 amide bonds. The molecule has 1 rings (SSSR count). The molecule has 0 aliphatic carbocycles. The van der Waals surface area contributed by atoms with Crippen molar-refractivity contribution in [1.29, 1.82) is 0 Å². The summed E-state index contributed by atoms with van der Waals surface area (Å²) in [5, 5.41) is -0.375. The van der Waals surface area contributed by atoms with Crippen LogP contribution >= 0.6 is 0 Å². The number of sulfonamides is 1. The minimum atomic E-state index is -3.16. The maximum Gasteiger partial charge on any atom is 0.214 e. The number of nitrogens with one attached hydrogen (secondary N) is 1. The fourth-order valence-electron chi connectivity index (χ4n) is 1.62.